The Bertz CT molecular complexity index is 566. The number of hydrogen-bond donors (Lipinski definition) is 2. The van der Waals surface area contributed by atoms with Gasteiger partial charge in [0, 0.05) is 24.3 Å². The standard InChI is InChI=1S/C13H14F3N3O/c1-9-11(8-18-19-9)7-17-6-10-3-2-4-12(5-10)20-13(14,15)16/h2-5,8,17H,6-7H2,1H3,(H,18,19). The molecule has 0 amide bonds. The Morgan fingerprint density at radius 3 is 2.75 bits per heavy atom. The van der Waals surface area contributed by atoms with E-state index >= 15 is 0 Å². The van der Waals surface area contributed by atoms with Gasteiger partial charge in [-0.2, -0.15) is 5.10 Å². The van der Waals surface area contributed by atoms with Gasteiger partial charge >= 0.3 is 6.36 Å². The molecule has 1 aromatic carbocycles. The molecule has 0 aliphatic rings. The van der Waals surface area contributed by atoms with Gasteiger partial charge in [0.2, 0.25) is 0 Å². The summed E-state index contributed by atoms with van der Waals surface area (Å²) in [7, 11) is 0. The van der Waals surface area contributed by atoms with Crippen molar-refractivity contribution in [3.8, 4) is 5.75 Å². The molecule has 2 aromatic rings. The number of hydrogen-bond acceptors (Lipinski definition) is 3. The number of aromatic nitrogens is 2. The maximum Gasteiger partial charge on any atom is 0.573 e. The van der Waals surface area contributed by atoms with Crippen LogP contribution in [0.3, 0.4) is 0 Å². The van der Waals surface area contributed by atoms with Crippen LogP contribution in [0.25, 0.3) is 0 Å². The number of nitrogens with one attached hydrogen (secondary N) is 2. The number of halogens is 3. The van der Waals surface area contributed by atoms with Crippen LogP contribution in [0.2, 0.25) is 0 Å². The lowest BCUT2D eigenvalue weighted by Gasteiger charge is -2.10. The molecule has 0 fully saturated rings. The van der Waals surface area contributed by atoms with E-state index in [1.807, 2.05) is 6.92 Å². The SMILES string of the molecule is Cc1[nH]ncc1CNCc1cccc(OC(F)(F)F)c1. The van der Waals surface area contributed by atoms with E-state index in [4.69, 9.17) is 0 Å². The quantitative estimate of drug-likeness (QED) is 0.888. The van der Waals surface area contributed by atoms with Crippen LogP contribution in [0.4, 0.5) is 13.2 Å². The highest BCUT2D eigenvalue weighted by Crippen LogP contribution is 2.23. The second kappa shape index (κ2) is 5.96. The van der Waals surface area contributed by atoms with Crippen molar-refractivity contribution in [1.29, 1.82) is 0 Å². The Kier molecular flexibility index (Phi) is 4.29. The maximum absolute atomic E-state index is 12.1. The minimum Gasteiger partial charge on any atom is -0.406 e. The minimum atomic E-state index is -4.67. The Labute approximate surface area is 114 Å². The van der Waals surface area contributed by atoms with Crippen molar-refractivity contribution >= 4 is 0 Å². The lowest BCUT2D eigenvalue weighted by molar-refractivity contribution is -0.274. The molecule has 0 radical (unpaired) electrons. The minimum absolute atomic E-state index is 0.212. The summed E-state index contributed by atoms with van der Waals surface area (Å²) in [6.45, 7) is 2.94. The van der Waals surface area contributed by atoms with Crippen molar-refractivity contribution in [2.75, 3.05) is 0 Å². The third kappa shape index (κ3) is 4.27. The molecule has 7 heteroatoms. The zero-order valence-corrected chi connectivity index (χ0v) is 10.8. The fraction of sp³-hybridized carbons (Fsp3) is 0.308. The number of alkyl halides is 3. The molecule has 1 heterocycles. The van der Waals surface area contributed by atoms with Crippen LogP contribution in [-0.4, -0.2) is 16.6 Å². The zero-order chi connectivity index (χ0) is 14.6. The first kappa shape index (κ1) is 14.4. The van der Waals surface area contributed by atoms with Crippen LogP contribution >= 0.6 is 0 Å². The van der Waals surface area contributed by atoms with Crippen molar-refractivity contribution in [3.05, 3.63) is 47.3 Å². The summed E-state index contributed by atoms with van der Waals surface area (Å²) in [6.07, 6.45) is -2.95. The smallest absolute Gasteiger partial charge is 0.406 e. The number of benzene rings is 1. The van der Waals surface area contributed by atoms with Gasteiger partial charge in [0.05, 0.1) is 6.20 Å². The van der Waals surface area contributed by atoms with Gasteiger partial charge in [0.15, 0.2) is 0 Å². The highest BCUT2D eigenvalue weighted by atomic mass is 19.4. The Balaban J connectivity index is 1.90. The molecule has 0 aliphatic carbocycles. The molecule has 0 saturated carbocycles. The fourth-order valence-electron chi connectivity index (χ4n) is 1.75. The lowest BCUT2D eigenvalue weighted by atomic mass is 10.2. The molecule has 20 heavy (non-hydrogen) atoms. The molecule has 4 nitrogen and oxygen atoms in total. The van der Waals surface area contributed by atoms with Gasteiger partial charge in [0.1, 0.15) is 5.75 Å². The summed E-state index contributed by atoms with van der Waals surface area (Å²) in [5.41, 5.74) is 2.70. The lowest BCUT2D eigenvalue weighted by Crippen LogP contribution is -2.17. The van der Waals surface area contributed by atoms with Crippen LogP contribution in [0.1, 0.15) is 16.8 Å². The maximum atomic E-state index is 12.1. The third-order valence-corrected chi connectivity index (χ3v) is 2.71. The van der Waals surface area contributed by atoms with Gasteiger partial charge in [-0.05, 0) is 24.6 Å². The van der Waals surface area contributed by atoms with E-state index in [9.17, 15) is 13.2 Å². The number of H-pyrrole nitrogens is 1. The second-order valence-corrected chi connectivity index (χ2v) is 4.32. The predicted molar refractivity (Wildman–Crippen MR) is 67.0 cm³/mol. The summed E-state index contributed by atoms with van der Waals surface area (Å²) in [5.74, 6) is -0.212. The third-order valence-electron chi connectivity index (χ3n) is 2.71. The summed E-state index contributed by atoms with van der Waals surface area (Å²) in [4.78, 5) is 0. The molecular weight excluding hydrogens is 271 g/mol. The first-order valence-corrected chi connectivity index (χ1v) is 5.98. The first-order valence-electron chi connectivity index (χ1n) is 5.98. The van der Waals surface area contributed by atoms with E-state index in [2.05, 4.69) is 20.3 Å². The van der Waals surface area contributed by atoms with Gasteiger partial charge in [-0.3, -0.25) is 5.10 Å². The molecule has 0 spiro atoms. The Morgan fingerprint density at radius 1 is 1.30 bits per heavy atom. The van der Waals surface area contributed by atoms with Crippen molar-refractivity contribution in [2.45, 2.75) is 26.4 Å². The summed E-state index contributed by atoms with van der Waals surface area (Å²) < 4.78 is 40.2. The van der Waals surface area contributed by atoms with Crippen molar-refractivity contribution < 1.29 is 17.9 Å². The van der Waals surface area contributed by atoms with Gasteiger partial charge in [0.25, 0.3) is 0 Å². The molecule has 0 bridgehead atoms. The number of aryl methyl sites for hydroxylation is 1. The summed E-state index contributed by atoms with van der Waals surface area (Å²) in [5, 5.41) is 9.85. The van der Waals surface area contributed by atoms with Crippen molar-refractivity contribution in [3.63, 3.8) is 0 Å². The number of nitrogens with zero attached hydrogens (tertiary/aromatic N) is 1. The summed E-state index contributed by atoms with van der Waals surface area (Å²) in [6, 6.07) is 5.90. The first-order chi connectivity index (χ1) is 9.44. The van der Waals surface area contributed by atoms with E-state index in [1.54, 1.807) is 12.3 Å². The number of rotatable bonds is 5. The topological polar surface area (TPSA) is 49.9 Å². The van der Waals surface area contributed by atoms with Crippen LogP contribution in [0.15, 0.2) is 30.5 Å². The largest absolute Gasteiger partial charge is 0.573 e. The average molecular weight is 285 g/mol. The number of aromatic amines is 1. The normalized spacial score (nSPS) is 11.6. The van der Waals surface area contributed by atoms with E-state index in [-0.39, 0.29) is 5.75 Å². The predicted octanol–water partition coefficient (Wildman–Crippen LogP) is 2.91. The molecule has 2 rings (SSSR count). The van der Waals surface area contributed by atoms with E-state index in [0.29, 0.717) is 18.7 Å². The van der Waals surface area contributed by atoms with E-state index in [0.717, 1.165) is 11.3 Å². The molecule has 0 atom stereocenters. The zero-order valence-electron chi connectivity index (χ0n) is 10.8. The van der Waals surface area contributed by atoms with Crippen LogP contribution in [0.5, 0.6) is 5.75 Å². The molecule has 108 valence electrons. The van der Waals surface area contributed by atoms with Crippen molar-refractivity contribution in [1.82, 2.24) is 15.5 Å². The van der Waals surface area contributed by atoms with Gasteiger partial charge in [-0.1, -0.05) is 12.1 Å². The highest BCUT2D eigenvalue weighted by molar-refractivity contribution is 5.28. The molecular formula is C13H14F3N3O. The molecule has 0 saturated heterocycles. The number of ether oxygens (including phenoxy) is 1. The van der Waals surface area contributed by atoms with Gasteiger partial charge in [-0.15, -0.1) is 13.2 Å². The van der Waals surface area contributed by atoms with Gasteiger partial charge < -0.3 is 10.1 Å². The Hall–Kier alpha value is -2.02. The molecule has 1 aromatic heterocycles. The van der Waals surface area contributed by atoms with Gasteiger partial charge in [-0.25, -0.2) is 0 Å². The van der Waals surface area contributed by atoms with Crippen LogP contribution < -0.4 is 10.1 Å². The molecule has 2 N–H and O–H groups in total. The summed E-state index contributed by atoms with van der Waals surface area (Å²) >= 11 is 0. The van der Waals surface area contributed by atoms with E-state index < -0.39 is 6.36 Å². The average Bonchev–Trinajstić information content (AvgIpc) is 2.73. The fourth-order valence-corrected chi connectivity index (χ4v) is 1.75. The monoisotopic (exact) mass is 285 g/mol. The molecule has 0 aliphatic heterocycles. The van der Waals surface area contributed by atoms with Crippen molar-refractivity contribution in [2.24, 2.45) is 0 Å². The highest BCUT2D eigenvalue weighted by Gasteiger charge is 2.31. The van der Waals surface area contributed by atoms with Crippen LogP contribution in [-0.2, 0) is 13.1 Å². The second-order valence-electron chi connectivity index (χ2n) is 4.32. The Morgan fingerprint density at radius 2 is 2.10 bits per heavy atom. The van der Waals surface area contributed by atoms with E-state index in [1.165, 1.54) is 18.2 Å². The van der Waals surface area contributed by atoms with Crippen LogP contribution in [0, 0.1) is 6.92 Å². The molecule has 0 unspecified atom stereocenters.